The first-order chi connectivity index (χ1) is 26.3. The number of benzene rings is 9. The average Bonchev–Trinajstić information content (AvgIpc) is 3.86. The Labute approximate surface area is 306 Å². The molecule has 0 unspecified atom stereocenters. The lowest BCUT2D eigenvalue weighted by molar-refractivity contribution is 0.669. The summed E-state index contributed by atoms with van der Waals surface area (Å²) in [6.07, 6.45) is 0. The van der Waals surface area contributed by atoms with E-state index in [1.54, 1.807) is 0 Å². The lowest BCUT2D eigenvalue weighted by atomic mass is 9.70. The van der Waals surface area contributed by atoms with Crippen molar-refractivity contribution in [2.24, 2.45) is 0 Å². The van der Waals surface area contributed by atoms with Gasteiger partial charge in [-0.25, -0.2) is 0 Å². The number of para-hydroxylation sites is 1. The number of rotatable bonds is 3. The predicted molar refractivity (Wildman–Crippen MR) is 220 cm³/mol. The summed E-state index contributed by atoms with van der Waals surface area (Å²) < 4.78 is 6.96. The smallest absolute Gasteiger partial charge is 0.160 e. The van der Waals surface area contributed by atoms with Crippen molar-refractivity contribution < 1.29 is 4.42 Å². The maximum atomic E-state index is 6.96. The van der Waals surface area contributed by atoms with Gasteiger partial charge >= 0.3 is 0 Å². The van der Waals surface area contributed by atoms with Gasteiger partial charge in [0, 0.05) is 21.7 Å². The number of nitrogens with zero attached hydrogens (tertiary/aromatic N) is 1. The number of fused-ring (bicyclic) bond motifs is 16. The zero-order chi connectivity index (χ0) is 34.7. The summed E-state index contributed by atoms with van der Waals surface area (Å²) in [5.41, 5.74) is 15.0. The van der Waals surface area contributed by atoms with Crippen LogP contribution >= 0.6 is 0 Å². The molecule has 1 heterocycles. The van der Waals surface area contributed by atoms with E-state index in [4.69, 9.17) is 4.42 Å². The SMILES string of the molecule is c1ccc2c(c1)-c1ccccc1C21c2ccccc2-c2c(N(c3cccc4ccccc34)c3cc4ccccc4c4c3oc3ccccc34)cccc21. The molecule has 10 aromatic rings. The topological polar surface area (TPSA) is 16.4 Å². The van der Waals surface area contributed by atoms with E-state index in [-0.39, 0.29) is 0 Å². The van der Waals surface area contributed by atoms with Gasteiger partial charge in [-0.3, -0.25) is 0 Å². The monoisotopic (exact) mass is 673 g/mol. The molecule has 2 aliphatic carbocycles. The van der Waals surface area contributed by atoms with Gasteiger partial charge in [-0.05, 0) is 79.4 Å². The molecule has 0 saturated carbocycles. The summed E-state index contributed by atoms with van der Waals surface area (Å²) in [4.78, 5) is 2.49. The van der Waals surface area contributed by atoms with Gasteiger partial charge in [0.2, 0.25) is 0 Å². The van der Waals surface area contributed by atoms with E-state index in [0.29, 0.717) is 0 Å². The van der Waals surface area contributed by atoms with Crippen LogP contribution in [0.1, 0.15) is 22.3 Å². The molecule has 0 fully saturated rings. The zero-order valence-corrected chi connectivity index (χ0v) is 28.8. The summed E-state index contributed by atoms with van der Waals surface area (Å²) in [6.45, 7) is 0. The van der Waals surface area contributed by atoms with Gasteiger partial charge in [-0.1, -0.05) is 164 Å². The average molecular weight is 674 g/mol. The Morgan fingerprint density at radius 2 is 0.906 bits per heavy atom. The summed E-state index contributed by atoms with van der Waals surface area (Å²) in [7, 11) is 0. The highest BCUT2D eigenvalue weighted by atomic mass is 16.3. The van der Waals surface area contributed by atoms with Crippen LogP contribution < -0.4 is 4.90 Å². The molecule has 0 aliphatic heterocycles. The van der Waals surface area contributed by atoms with E-state index in [0.717, 1.165) is 39.0 Å². The number of hydrogen-bond acceptors (Lipinski definition) is 2. The van der Waals surface area contributed by atoms with Crippen molar-refractivity contribution in [3.63, 3.8) is 0 Å². The third-order valence-corrected chi connectivity index (χ3v) is 11.8. The van der Waals surface area contributed by atoms with Gasteiger partial charge in [0.05, 0.1) is 22.5 Å². The van der Waals surface area contributed by atoms with Gasteiger partial charge in [0.15, 0.2) is 5.58 Å². The molecule has 0 N–H and O–H groups in total. The molecule has 246 valence electrons. The molecule has 12 rings (SSSR count). The Balaban J connectivity index is 1.26. The zero-order valence-electron chi connectivity index (χ0n) is 28.8. The second kappa shape index (κ2) is 10.6. The van der Waals surface area contributed by atoms with Crippen LogP contribution in [0, 0.1) is 0 Å². The maximum absolute atomic E-state index is 6.96. The minimum atomic E-state index is -0.447. The van der Waals surface area contributed by atoms with E-state index in [1.165, 1.54) is 66.1 Å². The lowest BCUT2D eigenvalue weighted by Gasteiger charge is -2.32. The summed E-state index contributed by atoms with van der Waals surface area (Å²) >= 11 is 0. The summed E-state index contributed by atoms with van der Waals surface area (Å²) in [5, 5.41) is 7.01. The molecule has 0 saturated heterocycles. The van der Waals surface area contributed by atoms with Crippen LogP contribution in [0.3, 0.4) is 0 Å². The first kappa shape index (κ1) is 28.8. The molecule has 0 bridgehead atoms. The van der Waals surface area contributed by atoms with Crippen molar-refractivity contribution in [3.05, 3.63) is 210 Å². The van der Waals surface area contributed by atoms with E-state index >= 15 is 0 Å². The lowest BCUT2D eigenvalue weighted by Crippen LogP contribution is -2.26. The second-order valence-corrected chi connectivity index (χ2v) is 14.3. The van der Waals surface area contributed by atoms with Crippen LogP contribution in [0.4, 0.5) is 17.1 Å². The Hall–Kier alpha value is -6.90. The normalized spacial score (nSPS) is 13.4. The molecule has 2 heteroatoms. The molecule has 1 aromatic heterocycles. The minimum absolute atomic E-state index is 0.447. The van der Waals surface area contributed by atoms with Crippen LogP contribution in [-0.2, 0) is 5.41 Å². The quantitative estimate of drug-likeness (QED) is 0.186. The fourth-order valence-corrected chi connectivity index (χ4v) is 9.83. The molecular formula is C51H31NO. The molecule has 1 spiro atoms. The Kier molecular flexibility index (Phi) is 5.73. The molecule has 2 nitrogen and oxygen atoms in total. The standard InChI is InChI=1S/C51H31NO/c1-3-18-34-32(15-1)17-13-28-44(34)52(46-31-33-16-2-4-19-35(33)48-39-23-8-12-30-47(39)53-50(46)48)45-29-14-27-43-49(45)38-22-7-11-26-42(38)51(43)40-24-9-5-20-36(40)37-21-6-10-25-41(37)51/h1-31H. The molecule has 0 atom stereocenters. The largest absolute Gasteiger partial charge is 0.454 e. The van der Waals surface area contributed by atoms with Crippen LogP contribution in [0.25, 0.3) is 65.7 Å². The summed E-state index contributed by atoms with van der Waals surface area (Å²) in [6, 6.07) is 68.9. The fraction of sp³-hybridized carbons (Fsp3) is 0.0196. The fourth-order valence-electron chi connectivity index (χ4n) is 9.83. The van der Waals surface area contributed by atoms with Gasteiger partial charge < -0.3 is 9.32 Å². The first-order valence-electron chi connectivity index (χ1n) is 18.4. The van der Waals surface area contributed by atoms with Crippen molar-refractivity contribution in [1.29, 1.82) is 0 Å². The van der Waals surface area contributed by atoms with Crippen LogP contribution in [0.5, 0.6) is 0 Å². The Bertz CT molecular complexity index is 3100. The summed E-state index contributed by atoms with van der Waals surface area (Å²) in [5.74, 6) is 0. The van der Waals surface area contributed by atoms with Crippen LogP contribution in [-0.4, -0.2) is 0 Å². The highest BCUT2D eigenvalue weighted by molar-refractivity contribution is 6.23. The molecule has 53 heavy (non-hydrogen) atoms. The van der Waals surface area contributed by atoms with E-state index in [9.17, 15) is 0 Å². The number of anilines is 3. The Morgan fingerprint density at radius 3 is 1.68 bits per heavy atom. The number of furan rings is 1. The van der Waals surface area contributed by atoms with Crippen molar-refractivity contribution >= 4 is 60.5 Å². The van der Waals surface area contributed by atoms with Gasteiger partial charge in [0.1, 0.15) is 5.58 Å². The van der Waals surface area contributed by atoms with Crippen molar-refractivity contribution in [2.75, 3.05) is 4.90 Å². The van der Waals surface area contributed by atoms with Crippen molar-refractivity contribution in [1.82, 2.24) is 0 Å². The third-order valence-electron chi connectivity index (χ3n) is 11.8. The Morgan fingerprint density at radius 1 is 0.377 bits per heavy atom. The van der Waals surface area contributed by atoms with Crippen LogP contribution in [0.2, 0.25) is 0 Å². The van der Waals surface area contributed by atoms with Gasteiger partial charge in [0.25, 0.3) is 0 Å². The van der Waals surface area contributed by atoms with E-state index < -0.39 is 5.41 Å². The third kappa shape index (κ3) is 3.67. The van der Waals surface area contributed by atoms with Crippen LogP contribution in [0.15, 0.2) is 192 Å². The number of hydrogen-bond donors (Lipinski definition) is 0. The van der Waals surface area contributed by atoms with Crippen molar-refractivity contribution in [3.8, 4) is 22.3 Å². The highest BCUT2D eigenvalue weighted by Gasteiger charge is 2.52. The molecule has 2 aliphatic rings. The van der Waals surface area contributed by atoms with E-state index in [1.807, 2.05) is 0 Å². The maximum Gasteiger partial charge on any atom is 0.160 e. The highest BCUT2D eigenvalue weighted by Crippen LogP contribution is 2.65. The second-order valence-electron chi connectivity index (χ2n) is 14.3. The van der Waals surface area contributed by atoms with Gasteiger partial charge in [-0.2, -0.15) is 0 Å². The molecule has 0 radical (unpaired) electrons. The molecule has 0 amide bonds. The van der Waals surface area contributed by atoms with E-state index in [2.05, 4.69) is 193 Å². The predicted octanol–water partition coefficient (Wildman–Crippen LogP) is 13.7. The first-order valence-corrected chi connectivity index (χ1v) is 18.4. The molecular weight excluding hydrogens is 643 g/mol. The molecule has 9 aromatic carbocycles. The van der Waals surface area contributed by atoms with Gasteiger partial charge in [-0.15, -0.1) is 0 Å². The minimum Gasteiger partial charge on any atom is -0.454 e. The van der Waals surface area contributed by atoms with Crippen molar-refractivity contribution in [2.45, 2.75) is 5.41 Å².